The molecule has 0 aliphatic rings. The molecule has 1 nitrogen and oxygen atoms in total. The maximum absolute atomic E-state index is 12.9. The molecule has 2 rings (SSSR count). The number of halogens is 1. The van der Waals surface area contributed by atoms with E-state index in [1.54, 1.807) is 6.07 Å². The fraction of sp³-hybridized carbons (Fsp3) is 0.0833. The smallest absolute Gasteiger partial charge is 0.150 e. The first kappa shape index (κ1) is 8.88. The maximum Gasteiger partial charge on any atom is 0.150 e. The first-order chi connectivity index (χ1) is 6.72. The molecule has 0 fully saturated rings. The van der Waals surface area contributed by atoms with E-state index in [9.17, 15) is 9.18 Å². The quantitative estimate of drug-likeness (QED) is 0.628. The summed E-state index contributed by atoms with van der Waals surface area (Å²) >= 11 is 0. The number of benzene rings is 2. The number of carbonyl (C=O) groups excluding carboxylic acids is 1. The van der Waals surface area contributed by atoms with Crippen LogP contribution < -0.4 is 0 Å². The second kappa shape index (κ2) is 3.22. The lowest BCUT2D eigenvalue weighted by atomic mass is 10.0. The Morgan fingerprint density at radius 1 is 1.21 bits per heavy atom. The van der Waals surface area contributed by atoms with Crippen molar-refractivity contribution in [2.45, 2.75) is 6.92 Å². The molecule has 0 bridgehead atoms. The van der Waals surface area contributed by atoms with Crippen molar-refractivity contribution in [2.75, 3.05) is 0 Å². The Morgan fingerprint density at radius 3 is 2.71 bits per heavy atom. The van der Waals surface area contributed by atoms with Gasteiger partial charge in [0.1, 0.15) is 5.82 Å². The van der Waals surface area contributed by atoms with E-state index >= 15 is 0 Å². The normalized spacial score (nSPS) is 10.4. The van der Waals surface area contributed by atoms with Gasteiger partial charge in [0.25, 0.3) is 0 Å². The van der Waals surface area contributed by atoms with Crippen molar-refractivity contribution in [1.29, 1.82) is 0 Å². The predicted octanol–water partition coefficient (Wildman–Crippen LogP) is 3.10. The zero-order valence-corrected chi connectivity index (χ0v) is 7.75. The van der Waals surface area contributed by atoms with Gasteiger partial charge in [-0.15, -0.1) is 0 Å². The maximum atomic E-state index is 12.9. The van der Waals surface area contributed by atoms with Crippen LogP contribution in [0.25, 0.3) is 10.8 Å². The van der Waals surface area contributed by atoms with Gasteiger partial charge in [0, 0.05) is 5.56 Å². The molecule has 2 aromatic rings. The fourth-order valence-electron chi connectivity index (χ4n) is 1.59. The zero-order valence-electron chi connectivity index (χ0n) is 7.75. The molecule has 0 heterocycles. The van der Waals surface area contributed by atoms with Gasteiger partial charge in [0.05, 0.1) is 0 Å². The van der Waals surface area contributed by atoms with Crippen LogP contribution in [0.2, 0.25) is 0 Å². The van der Waals surface area contributed by atoms with E-state index in [-0.39, 0.29) is 5.82 Å². The highest BCUT2D eigenvalue weighted by Crippen LogP contribution is 2.21. The second-order valence-corrected chi connectivity index (χ2v) is 3.28. The van der Waals surface area contributed by atoms with E-state index in [0.29, 0.717) is 5.56 Å². The van der Waals surface area contributed by atoms with Crippen LogP contribution in [0.3, 0.4) is 0 Å². The van der Waals surface area contributed by atoms with Gasteiger partial charge in [-0.3, -0.25) is 4.79 Å². The first-order valence-electron chi connectivity index (χ1n) is 4.36. The summed E-state index contributed by atoms with van der Waals surface area (Å²) in [7, 11) is 0. The lowest BCUT2D eigenvalue weighted by molar-refractivity contribution is 0.112. The van der Waals surface area contributed by atoms with E-state index in [2.05, 4.69) is 0 Å². The lowest BCUT2D eigenvalue weighted by Gasteiger charge is -2.03. The molecule has 2 heteroatoms. The number of hydrogen-bond acceptors (Lipinski definition) is 1. The molecule has 0 aromatic heterocycles. The van der Waals surface area contributed by atoms with Gasteiger partial charge in [-0.25, -0.2) is 4.39 Å². The minimum absolute atomic E-state index is 0.279. The summed E-state index contributed by atoms with van der Waals surface area (Å²) < 4.78 is 12.9. The SMILES string of the molecule is Cc1ccc2cc(F)ccc2c1C=O. The number of aldehydes is 1. The Morgan fingerprint density at radius 2 is 2.00 bits per heavy atom. The fourth-order valence-corrected chi connectivity index (χ4v) is 1.59. The number of fused-ring (bicyclic) bond motifs is 1. The molecule has 70 valence electrons. The van der Waals surface area contributed by atoms with Gasteiger partial charge in [-0.1, -0.05) is 18.2 Å². The molecular formula is C12H9FO. The Kier molecular flexibility index (Phi) is 2.04. The van der Waals surface area contributed by atoms with Crippen LogP contribution >= 0.6 is 0 Å². The van der Waals surface area contributed by atoms with E-state index in [4.69, 9.17) is 0 Å². The van der Waals surface area contributed by atoms with E-state index in [0.717, 1.165) is 22.6 Å². The van der Waals surface area contributed by atoms with Crippen LogP contribution in [0.1, 0.15) is 15.9 Å². The zero-order chi connectivity index (χ0) is 10.1. The highest BCUT2D eigenvalue weighted by molar-refractivity contribution is 5.99. The molecule has 0 atom stereocenters. The molecule has 0 aliphatic carbocycles. The third-order valence-electron chi connectivity index (χ3n) is 2.36. The van der Waals surface area contributed by atoms with Crippen molar-refractivity contribution in [2.24, 2.45) is 0 Å². The second-order valence-electron chi connectivity index (χ2n) is 3.28. The van der Waals surface area contributed by atoms with Gasteiger partial charge in [0.2, 0.25) is 0 Å². The van der Waals surface area contributed by atoms with Crippen molar-refractivity contribution >= 4 is 17.1 Å². The summed E-state index contributed by atoms with van der Waals surface area (Å²) in [4.78, 5) is 10.8. The van der Waals surface area contributed by atoms with Crippen LogP contribution in [0.4, 0.5) is 4.39 Å². The molecule has 0 amide bonds. The third-order valence-corrected chi connectivity index (χ3v) is 2.36. The summed E-state index contributed by atoms with van der Waals surface area (Å²) in [5, 5.41) is 1.57. The topological polar surface area (TPSA) is 17.1 Å². The van der Waals surface area contributed by atoms with Gasteiger partial charge >= 0.3 is 0 Å². The number of carbonyl (C=O) groups is 1. The summed E-state index contributed by atoms with van der Waals surface area (Å²) in [5.41, 5.74) is 1.56. The van der Waals surface area contributed by atoms with Gasteiger partial charge in [-0.2, -0.15) is 0 Å². The molecule has 0 N–H and O–H groups in total. The van der Waals surface area contributed by atoms with Gasteiger partial charge < -0.3 is 0 Å². The number of hydrogen-bond donors (Lipinski definition) is 0. The average Bonchev–Trinajstić information content (AvgIpc) is 2.18. The Hall–Kier alpha value is -1.70. The average molecular weight is 188 g/mol. The lowest BCUT2D eigenvalue weighted by Crippen LogP contribution is -1.89. The van der Waals surface area contributed by atoms with E-state index < -0.39 is 0 Å². The molecule has 0 saturated carbocycles. The summed E-state index contributed by atoms with van der Waals surface area (Å²) in [6, 6.07) is 8.09. The molecule has 0 spiro atoms. The number of rotatable bonds is 1. The Balaban J connectivity index is 2.88. The summed E-state index contributed by atoms with van der Waals surface area (Å²) in [6.07, 6.45) is 0.815. The minimum Gasteiger partial charge on any atom is -0.298 e. The predicted molar refractivity (Wildman–Crippen MR) is 54.0 cm³/mol. The largest absolute Gasteiger partial charge is 0.298 e. The van der Waals surface area contributed by atoms with Gasteiger partial charge in [0.15, 0.2) is 6.29 Å². The summed E-state index contributed by atoms with van der Waals surface area (Å²) in [6.45, 7) is 1.87. The van der Waals surface area contributed by atoms with Crippen LogP contribution in [0.15, 0.2) is 30.3 Å². The Labute approximate surface area is 81.2 Å². The number of aryl methyl sites for hydroxylation is 1. The van der Waals surface area contributed by atoms with Gasteiger partial charge in [-0.05, 0) is 35.4 Å². The van der Waals surface area contributed by atoms with Crippen molar-refractivity contribution < 1.29 is 9.18 Å². The molecule has 0 radical (unpaired) electrons. The van der Waals surface area contributed by atoms with Crippen molar-refractivity contribution in [3.05, 3.63) is 47.3 Å². The molecule has 14 heavy (non-hydrogen) atoms. The van der Waals surface area contributed by atoms with Crippen molar-refractivity contribution in [3.8, 4) is 0 Å². The molecule has 0 saturated heterocycles. The van der Waals surface area contributed by atoms with E-state index in [1.165, 1.54) is 12.1 Å². The third kappa shape index (κ3) is 1.29. The molecule has 2 aromatic carbocycles. The minimum atomic E-state index is -0.279. The molecule has 0 aliphatic heterocycles. The Bertz CT molecular complexity index is 503. The van der Waals surface area contributed by atoms with Crippen LogP contribution in [0, 0.1) is 12.7 Å². The molecular weight excluding hydrogens is 179 g/mol. The first-order valence-corrected chi connectivity index (χ1v) is 4.36. The van der Waals surface area contributed by atoms with E-state index in [1.807, 2.05) is 19.1 Å². The van der Waals surface area contributed by atoms with Crippen LogP contribution in [0.5, 0.6) is 0 Å². The van der Waals surface area contributed by atoms with Crippen LogP contribution in [-0.2, 0) is 0 Å². The highest BCUT2D eigenvalue weighted by atomic mass is 19.1. The van der Waals surface area contributed by atoms with Crippen molar-refractivity contribution in [3.63, 3.8) is 0 Å². The standard InChI is InChI=1S/C12H9FO/c1-8-2-3-9-6-10(13)4-5-11(9)12(8)7-14/h2-7H,1H3. The molecule has 0 unspecified atom stereocenters. The monoisotopic (exact) mass is 188 g/mol. The van der Waals surface area contributed by atoms with Crippen LogP contribution in [-0.4, -0.2) is 6.29 Å². The highest BCUT2D eigenvalue weighted by Gasteiger charge is 2.03. The summed E-state index contributed by atoms with van der Waals surface area (Å²) in [5.74, 6) is -0.279. The van der Waals surface area contributed by atoms with Crippen molar-refractivity contribution in [1.82, 2.24) is 0 Å².